The Hall–Kier alpha value is -1.55. The third-order valence-corrected chi connectivity index (χ3v) is 2.29. The van der Waals surface area contributed by atoms with Crippen molar-refractivity contribution in [2.24, 2.45) is 12.8 Å². The molecule has 2 heterocycles. The summed E-state index contributed by atoms with van der Waals surface area (Å²) in [5.41, 5.74) is 8.79. The van der Waals surface area contributed by atoms with E-state index >= 15 is 0 Å². The monoisotopic (exact) mass is 190 g/mol. The van der Waals surface area contributed by atoms with Crippen molar-refractivity contribution in [2.45, 2.75) is 6.42 Å². The highest BCUT2D eigenvalue weighted by atomic mass is 15.0. The van der Waals surface area contributed by atoms with Crippen LogP contribution in [-0.4, -0.2) is 21.1 Å². The van der Waals surface area contributed by atoms with E-state index in [2.05, 4.69) is 9.97 Å². The van der Waals surface area contributed by atoms with Crippen LogP contribution in [0, 0.1) is 0 Å². The molecule has 0 bridgehead atoms. The molecule has 0 fully saturated rings. The van der Waals surface area contributed by atoms with Crippen LogP contribution in [-0.2, 0) is 13.5 Å². The van der Waals surface area contributed by atoms with Gasteiger partial charge in [0.25, 0.3) is 0 Å². The predicted molar refractivity (Wildman–Crippen MR) is 55.8 cm³/mol. The highest BCUT2D eigenvalue weighted by Crippen LogP contribution is 2.19. The van der Waals surface area contributed by atoms with E-state index in [0.29, 0.717) is 6.54 Å². The van der Waals surface area contributed by atoms with E-state index in [1.807, 2.05) is 36.3 Å². The van der Waals surface area contributed by atoms with Gasteiger partial charge in [-0.25, -0.2) is 4.98 Å². The molecule has 4 nitrogen and oxygen atoms in total. The number of aromatic amines is 1. The molecule has 0 spiro atoms. The first-order chi connectivity index (χ1) is 6.83. The maximum atomic E-state index is 5.56. The predicted octanol–water partition coefficient (Wildman–Crippen LogP) is 0.916. The molecule has 0 radical (unpaired) electrons. The van der Waals surface area contributed by atoms with E-state index in [0.717, 1.165) is 17.8 Å². The molecule has 0 saturated heterocycles. The first-order valence-electron chi connectivity index (χ1n) is 4.67. The van der Waals surface area contributed by atoms with Crippen molar-refractivity contribution in [3.63, 3.8) is 0 Å². The topological polar surface area (TPSA) is 59.6 Å². The summed E-state index contributed by atoms with van der Waals surface area (Å²) < 4.78 is 2.02. The molecule has 2 rings (SSSR count). The van der Waals surface area contributed by atoms with E-state index in [4.69, 9.17) is 5.73 Å². The Bertz CT molecular complexity index is 400. The molecular weight excluding hydrogens is 176 g/mol. The molecule has 0 atom stereocenters. The number of aryl methyl sites for hydroxylation is 1. The van der Waals surface area contributed by atoms with Gasteiger partial charge in [-0.3, -0.25) is 0 Å². The number of aromatic nitrogens is 3. The molecular formula is C10H14N4. The molecule has 74 valence electrons. The van der Waals surface area contributed by atoms with E-state index in [9.17, 15) is 0 Å². The molecule has 2 aromatic rings. The van der Waals surface area contributed by atoms with Gasteiger partial charge in [0.15, 0.2) is 0 Å². The zero-order valence-corrected chi connectivity index (χ0v) is 8.20. The van der Waals surface area contributed by atoms with Gasteiger partial charge in [-0.2, -0.15) is 0 Å². The van der Waals surface area contributed by atoms with Crippen molar-refractivity contribution in [3.8, 4) is 11.4 Å². The van der Waals surface area contributed by atoms with E-state index < -0.39 is 0 Å². The fourth-order valence-electron chi connectivity index (χ4n) is 1.59. The van der Waals surface area contributed by atoms with Gasteiger partial charge >= 0.3 is 0 Å². The van der Waals surface area contributed by atoms with Crippen LogP contribution in [0.25, 0.3) is 11.4 Å². The Morgan fingerprint density at radius 3 is 3.07 bits per heavy atom. The average molecular weight is 190 g/mol. The smallest absolute Gasteiger partial charge is 0.108 e. The van der Waals surface area contributed by atoms with Crippen LogP contribution in [0.4, 0.5) is 0 Å². The number of H-pyrrole nitrogens is 1. The van der Waals surface area contributed by atoms with Crippen molar-refractivity contribution in [1.29, 1.82) is 0 Å². The van der Waals surface area contributed by atoms with Gasteiger partial charge in [-0.1, -0.05) is 0 Å². The Kier molecular flexibility index (Phi) is 2.37. The zero-order chi connectivity index (χ0) is 9.97. The molecule has 0 aromatic carbocycles. The van der Waals surface area contributed by atoms with Gasteiger partial charge in [0, 0.05) is 25.4 Å². The van der Waals surface area contributed by atoms with Crippen molar-refractivity contribution in [1.82, 2.24) is 14.5 Å². The van der Waals surface area contributed by atoms with Gasteiger partial charge in [0.05, 0.1) is 12.0 Å². The van der Waals surface area contributed by atoms with Gasteiger partial charge in [0.1, 0.15) is 5.69 Å². The standard InChI is InChI=1S/C10H14N4/c1-14-7-13-10(9(14)4-5-11)8-3-2-6-12-8/h2-3,6-7,12H,4-5,11H2,1H3. The fraction of sp³-hybridized carbons (Fsp3) is 0.300. The summed E-state index contributed by atoms with van der Waals surface area (Å²) in [5.74, 6) is 0. The van der Waals surface area contributed by atoms with Gasteiger partial charge in [-0.05, 0) is 18.7 Å². The molecule has 4 heteroatoms. The lowest BCUT2D eigenvalue weighted by Gasteiger charge is -2.02. The molecule has 2 aromatic heterocycles. The maximum Gasteiger partial charge on any atom is 0.108 e. The fourth-order valence-corrected chi connectivity index (χ4v) is 1.59. The lowest BCUT2D eigenvalue weighted by Crippen LogP contribution is -2.07. The van der Waals surface area contributed by atoms with E-state index in [-0.39, 0.29) is 0 Å². The molecule has 0 aliphatic heterocycles. The molecule has 0 saturated carbocycles. The quantitative estimate of drug-likeness (QED) is 0.756. The lowest BCUT2D eigenvalue weighted by atomic mass is 10.2. The van der Waals surface area contributed by atoms with Gasteiger partial charge in [0.2, 0.25) is 0 Å². The van der Waals surface area contributed by atoms with Crippen LogP contribution in [0.1, 0.15) is 5.69 Å². The van der Waals surface area contributed by atoms with E-state index in [1.54, 1.807) is 0 Å². The number of nitrogens with two attached hydrogens (primary N) is 1. The van der Waals surface area contributed by atoms with Crippen molar-refractivity contribution in [2.75, 3.05) is 6.54 Å². The Labute approximate surface area is 82.8 Å². The number of imidazole rings is 1. The summed E-state index contributed by atoms with van der Waals surface area (Å²) in [6, 6.07) is 3.98. The average Bonchev–Trinajstić information content (AvgIpc) is 2.77. The van der Waals surface area contributed by atoms with Crippen LogP contribution >= 0.6 is 0 Å². The molecule has 14 heavy (non-hydrogen) atoms. The number of nitrogens with zero attached hydrogens (tertiary/aromatic N) is 2. The summed E-state index contributed by atoms with van der Waals surface area (Å²) in [6.45, 7) is 0.646. The number of nitrogens with one attached hydrogen (secondary N) is 1. The van der Waals surface area contributed by atoms with Crippen molar-refractivity contribution >= 4 is 0 Å². The summed E-state index contributed by atoms with van der Waals surface area (Å²) in [5, 5.41) is 0. The SMILES string of the molecule is Cn1cnc(-c2ccc[nH]2)c1CCN. The van der Waals surface area contributed by atoms with Gasteiger partial charge in [-0.15, -0.1) is 0 Å². The van der Waals surface area contributed by atoms with Crippen LogP contribution < -0.4 is 5.73 Å². The van der Waals surface area contributed by atoms with Crippen LogP contribution in [0.3, 0.4) is 0 Å². The summed E-state index contributed by atoms with van der Waals surface area (Å²) in [4.78, 5) is 7.50. The van der Waals surface area contributed by atoms with Gasteiger partial charge < -0.3 is 15.3 Å². The first kappa shape index (κ1) is 9.02. The normalized spacial score (nSPS) is 10.7. The lowest BCUT2D eigenvalue weighted by molar-refractivity contribution is 0.805. The van der Waals surface area contributed by atoms with Crippen LogP contribution in [0.15, 0.2) is 24.7 Å². The summed E-state index contributed by atoms with van der Waals surface area (Å²) in [6.07, 6.45) is 4.57. The second kappa shape index (κ2) is 3.67. The second-order valence-corrected chi connectivity index (χ2v) is 3.27. The first-order valence-corrected chi connectivity index (χ1v) is 4.67. The van der Waals surface area contributed by atoms with Crippen molar-refractivity contribution < 1.29 is 0 Å². The van der Waals surface area contributed by atoms with Crippen molar-refractivity contribution in [3.05, 3.63) is 30.4 Å². The second-order valence-electron chi connectivity index (χ2n) is 3.27. The zero-order valence-electron chi connectivity index (χ0n) is 8.20. The minimum atomic E-state index is 0.646. The number of hydrogen-bond donors (Lipinski definition) is 2. The minimum Gasteiger partial charge on any atom is -0.360 e. The summed E-state index contributed by atoms with van der Waals surface area (Å²) in [7, 11) is 1.99. The Balaban J connectivity index is 2.43. The van der Waals surface area contributed by atoms with Crippen LogP contribution in [0.5, 0.6) is 0 Å². The van der Waals surface area contributed by atoms with Crippen LogP contribution in [0.2, 0.25) is 0 Å². The Morgan fingerprint density at radius 1 is 1.57 bits per heavy atom. The highest BCUT2D eigenvalue weighted by Gasteiger charge is 2.10. The molecule has 3 N–H and O–H groups in total. The Morgan fingerprint density at radius 2 is 2.43 bits per heavy atom. The molecule has 0 unspecified atom stereocenters. The molecule has 0 aliphatic carbocycles. The maximum absolute atomic E-state index is 5.56. The number of rotatable bonds is 3. The van der Waals surface area contributed by atoms with E-state index in [1.165, 1.54) is 5.69 Å². The molecule has 0 amide bonds. The summed E-state index contributed by atoms with van der Waals surface area (Å²) >= 11 is 0. The molecule has 0 aliphatic rings. The largest absolute Gasteiger partial charge is 0.360 e. The third-order valence-electron chi connectivity index (χ3n) is 2.29. The number of hydrogen-bond acceptors (Lipinski definition) is 2. The third kappa shape index (κ3) is 1.44. The highest BCUT2D eigenvalue weighted by molar-refractivity contribution is 5.57. The minimum absolute atomic E-state index is 0.646.